The molecule has 1 aliphatic rings. The Morgan fingerprint density at radius 1 is 1.35 bits per heavy atom. The minimum absolute atomic E-state index is 0.398. The number of aryl methyl sites for hydroxylation is 1. The molecule has 0 amide bonds. The molecule has 1 unspecified atom stereocenters. The maximum atomic E-state index is 6.20. The Hall–Kier alpha value is -0.990. The number of nitrogens with one attached hydrogen (secondary N) is 1. The fourth-order valence-electron chi connectivity index (χ4n) is 2.29. The van der Waals surface area contributed by atoms with Crippen LogP contribution >= 0.6 is 22.9 Å². The van der Waals surface area contributed by atoms with Gasteiger partial charge in [-0.3, -0.25) is 0 Å². The van der Waals surface area contributed by atoms with E-state index in [2.05, 4.69) is 30.4 Å². The Morgan fingerprint density at radius 2 is 2.24 bits per heavy atom. The Bertz CT molecular complexity index is 547. The summed E-state index contributed by atoms with van der Waals surface area (Å²) >= 11 is 8.10. The average Bonchev–Trinajstić information content (AvgIpc) is 2.95. The molecule has 1 aliphatic heterocycles. The minimum atomic E-state index is 0.398. The highest BCUT2D eigenvalue weighted by atomic mass is 35.5. The summed E-state index contributed by atoms with van der Waals surface area (Å²) in [5, 5.41) is 4.37. The largest absolute Gasteiger partial charge is 0.376 e. The molecule has 1 aromatic carbocycles. The van der Waals surface area contributed by atoms with Crippen molar-refractivity contribution in [2.75, 3.05) is 5.32 Å². The van der Waals surface area contributed by atoms with E-state index in [1.54, 1.807) is 0 Å². The zero-order chi connectivity index (χ0) is 11.8. The van der Waals surface area contributed by atoms with Gasteiger partial charge in [0.05, 0.1) is 16.8 Å². The molecule has 0 bridgehead atoms. The van der Waals surface area contributed by atoms with Crippen molar-refractivity contribution < 1.29 is 0 Å². The molecular weight excluding hydrogens is 250 g/mol. The molecular formula is C14H14ClNS. The van der Waals surface area contributed by atoms with Crippen LogP contribution in [0, 0.1) is 0 Å². The predicted octanol–water partition coefficient (Wildman–Crippen LogP) is 4.67. The van der Waals surface area contributed by atoms with E-state index in [0.29, 0.717) is 6.04 Å². The number of para-hydroxylation sites is 1. The van der Waals surface area contributed by atoms with Gasteiger partial charge in [0.2, 0.25) is 0 Å². The molecule has 1 N–H and O–H groups in total. The number of hydrogen-bond acceptors (Lipinski definition) is 2. The summed E-state index contributed by atoms with van der Waals surface area (Å²) in [6.07, 6.45) is 2.16. The van der Waals surface area contributed by atoms with E-state index in [4.69, 9.17) is 11.6 Å². The van der Waals surface area contributed by atoms with Crippen LogP contribution in [0.25, 0.3) is 0 Å². The summed E-state index contributed by atoms with van der Waals surface area (Å²) < 4.78 is 0. The summed E-state index contributed by atoms with van der Waals surface area (Å²) in [5.74, 6) is 0. The fourth-order valence-corrected chi connectivity index (χ4v) is 3.54. The summed E-state index contributed by atoms with van der Waals surface area (Å²) in [6.45, 7) is 2.20. The van der Waals surface area contributed by atoms with Gasteiger partial charge in [0.1, 0.15) is 0 Å². The van der Waals surface area contributed by atoms with E-state index in [0.717, 1.165) is 23.6 Å². The van der Waals surface area contributed by atoms with E-state index in [1.807, 2.05) is 23.5 Å². The molecule has 0 spiro atoms. The summed E-state index contributed by atoms with van der Waals surface area (Å²) in [7, 11) is 0. The third-order valence-electron chi connectivity index (χ3n) is 3.22. The smallest absolute Gasteiger partial charge is 0.0648 e. The monoisotopic (exact) mass is 263 g/mol. The van der Waals surface area contributed by atoms with Gasteiger partial charge >= 0.3 is 0 Å². The fraction of sp³-hybridized carbons (Fsp3) is 0.286. The standard InChI is InChI=1S/C14H14ClNS/c1-2-10-6-7-13(17-10)12-8-9-4-3-5-11(15)14(9)16-12/h3-7,12,16H,2,8H2,1H3. The highest BCUT2D eigenvalue weighted by Gasteiger charge is 2.24. The Labute approximate surface area is 110 Å². The summed E-state index contributed by atoms with van der Waals surface area (Å²) in [4.78, 5) is 2.86. The Morgan fingerprint density at radius 3 is 2.94 bits per heavy atom. The molecule has 1 nitrogen and oxygen atoms in total. The topological polar surface area (TPSA) is 12.0 Å². The average molecular weight is 264 g/mol. The van der Waals surface area contributed by atoms with Crippen LogP contribution < -0.4 is 5.32 Å². The van der Waals surface area contributed by atoms with Gasteiger partial charge < -0.3 is 5.32 Å². The number of rotatable bonds is 2. The van der Waals surface area contributed by atoms with E-state index >= 15 is 0 Å². The van der Waals surface area contributed by atoms with Crippen molar-refractivity contribution in [2.24, 2.45) is 0 Å². The molecule has 1 aromatic heterocycles. The number of benzene rings is 1. The first kappa shape index (κ1) is 11.1. The first-order valence-electron chi connectivity index (χ1n) is 5.90. The van der Waals surface area contributed by atoms with Crippen LogP contribution in [0.5, 0.6) is 0 Å². The van der Waals surface area contributed by atoms with Gasteiger partial charge in [-0.2, -0.15) is 0 Å². The second kappa shape index (κ2) is 4.35. The number of thiophene rings is 1. The van der Waals surface area contributed by atoms with Crippen molar-refractivity contribution >= 4 is 28.6 Å². The lowest BCUT2D eigenvalue weighted by Gasteiger charge is -2.08. The van der Waals surface area contributed by atoms with Crippen molar-refractivity contribution in [3.05, 3.63) is 50.7 Å². The van der Waals surface area contributed by atoms with E-state index in [9.17, 15) is 0 Å². The molecule has 0 saturated heterocycles. The van der Waals surface area contributed by atoms with Crippen LogP contribution in [-0.2, 0) is 12.8 Å². The molecule has 0 radical (unpaired) electrons. The number of halogens is 1. The van der Waals surface area contributed by atoms with Crippen molar-refractivity contribution in [2.45, 2.75) is 25.8 Å². The highest BCUT2D eigenvalue weighted by Crippen LogP contribution is 2.40. The van der Waals surface area contributed by atoms with Crippen LogP contribution in [0.4, 0.5) is 5.69 Å². The quantitative estimate of drug-likeness (QED) is 0.830. The van der Waals surface area contributed by atoms with Gasteiger partial charge in [-0.15, -0.1) is 11.3 Å². The Balaban J connectivity index is 1.88. The lowest BCUT2D eigenvalue weighted by atomic mass is 10.1. The van der Waals surface area contributed by atoms with Gasteiger partial charge in [-0.25, -0.2) is 0 Å². The lowest BCUT2D eigenvalue weighted by molar-refractivity contribution is 0.843. The summed E-state index contributed by atoms with van der Waals surface area (Å²) in [6, 6.07) is 11.0. The zero-order valence-electron chi connectivity index (χ0n) is 9.66. The number of anilines is 1. The molecule has 0 fully saturated rings. The third-order valence-corrected chi connectivity index (χ3v) is 4.88. The van der Waals surface area contributed by atoms with E-state index < -0.39 is 0 Å². The zero-order valence-corrected chi connectivity index (χ0v) is 11.2. The van der Waals surface area contributed by atoms with Crippen LogP contribution in [-0.4, -0.2) is 0 Å². The summed E-state index contributed by atoms with van der Waals surface area (Å²) in [5.41, 5.74) is 2.44. The third kappa shape index (κ3) is 1.96. The molecule has 2 heterocycles. The normalized spacial score (nSPS) is 17.9. The maximum Gasteiger partial charge on any atom is 0.0648 e. The first-order chi connectivity index (χ1) is 8.28. The molecule has 3 heteroatoms. The van der Waals surface area contributed by atoms with Crippen molar-refractivity contribution in [3.63, 3.8) is 0 Å². The van der Waals surface area contributed by atoms with Gasteiger partial charge in [0, 0.05) is 9.75 Å². The SMILES string of the molecule is CCc1ccc(C2Cc3cccc(Cl)c3N2)s1. The maximum absolute atomic E-state index is 6.20. The van der Waals surface area contributed by atoms with Gasteiger partial charge in [0.15, 0.2) is 0 Å². The molecule has 0 aliphatic carbocycles. The van der Waals surface area contributed by atoms with Crippen LogP contribution in [0.15, 0.2) is 30.3 Å². The van der Waals surface area contributed by atoms with E-state index in [1.165, 1.54) is 15.3 Å². The van der Waals surface area contributed by atoms with Crippen molar-refractivity contribution in [1.29, 1.82) is 0 Å². The molecule has 88 valence electrons. The number of hydrogen-bond donors (Lipinski definition) is 1. The molecule has 1 atom stereocenters. The van der Waals surface area contributed by atoms with Gasteiger partial charge in [-0.05, 0) is 36.6 Å². The van der Waals surface area contributed by atoms with Crippen LogP contribution in [0.1, 0.15) is 28.3 Å². The molecule has 2 aromatic rings. The second-order valence-corrected chi connectivity index (χ2v) is 5.94. The minimum Gasteiger partial charge on any atom is -0.376 e. The van der Waals surface area contributed by atoms with Crippen LogP contribution in [0.3, 0.4) is 0 Å². The second-order valence-electron chi connectivity index (χ2n) is 4.33. The first-order valence-corrected chi connectivity index (χ1v) is 7.10. The van der Waals surface area contributed by atoms with E-state index in [-0.39, 0.29) is 0 Å². The lowest BCUT2D eigenvalue weighted by Crippen LogP contribution is -2.03. The highest BCUT2D eigenvalue weighted by molar-refractivity contribution is 7.12. The Kier molecular flexibility index (Phi) is 2.85. The predicted molar refractivity (Wildman–Crippen MR) is 75.2 cm³/mol. The molecule has 3 rings (SSSR count). The molecule has 0 saturated carbocycles. The van der Waals surface area contributed by atoms with Gasteiger partial charge in [-0.1, -0.05) is 30.7 Å². The van der Waals surface area contributed by atoms with Crippen LogP contribution in [0.2, 0.25) is 5.02 Å². The number of fused-ring (bicyclic) bond motifs is 1. The van der Waals surface area contributed by atoms with Crippen molar-refractivity contribution in [1.82, 2.24) is 0 Å². The van der Waals surface area contributed by atoms with Gasteiger partial charge in [0.25, 0.3) is 0 Å². The van der Waals surface area contributed by atoms with Crippen molar-refractivity contribution in [3.8, 4) is 0 Å². The molecule has 17 heavy (non-hydrogen) atoms.